The molecule has 2 aliphatic rings. The number of rotatable bonds is 2. The number of Topliss-reactive ketones (excluding diaryl/α,β-unsaturated/α-hetero) is 1. The van der Waals surface area contributed by atoms with E-state index in [1.165, 1.54) is 0 Å². The number of aryl methyl sites for hydroxylation is 1. The number of hydrogen-bond acceptors (Lipinski definition) is 4. The highest BCUT2D eigenvalue weighted by Crippen LogP contribution is 2.50. The van der Waals surface area contributed by atoms with Gasteiger partial charge in [-0.05, 0) is 59.4 Å². The van der Waals surface area contributed by atoms with Gasteiger partial charge in [-0.25, -0.2) is 4.68 Å². The molecule has 36 heavy (non-hydrogen) atoms. The van der Waals surface area contributed by atoms with E-state index in [1.54, 1.807) is 0 Å². The third-order valence-electron chi connectivity index (χ3n) is 7.49. The molecule has 0 saturated carbocycles. The number of fused-ring (bicyclic) bond motifs is 1. The molecular weight excluding hydrogens is 446 g/mol. The number of anilines is 1. The van der Waals surface area contributed by atoms with E-state index >= 15 is 0 Å². The molecule has 2 N–H and O–H groups in total. The molecular formula is C31H37N3O2. The van der Waals surface area contributed by atoms with E-state index in [1.807, 2.05) is 29.8 Å². The number of benzene rings is 2. The molecule has 0 amide bonds. The minimum absolute atomic E-state index is 0.203. The summed E-state index contributed by atoms with van der Waals surface area (Å²) in [6.45, 7) is 14.8. The number of carbonyl (C=O) groups is 1. The van der Waals surface area contributed by atoms with E-state index in [2.05, 4.69) is 71.1 Å². The zero-order valence-corrected chi connectivity index (χ0v) is 22.5. The maximum absolute atomic E-state index is 13.5. The number of nitrogens with zero attached hydrogens (tertiary/aromatic N) is 2. The molecule has 0 radical (unpaired) electrons. The molecule has 1 atom stereocenters. The summed E-state index contributed by atoms with van der Waals surface area (Å²) < 4.78 is 1.97. The topological polar surface area (TPSA) is 67.1 Å². The highest BCUT2D eigenvalue weighted by atomic mass is 16.3. The quantitative estimate of drug-likeness (QED) is 0.410. The predicted molar refractivity (Wildman–Crippen MR) is 145 cm³/mol. The van der Waals surface area contributed by atoms with Crippen molar-refractivity contribution < 1.29 is 9.90 Å². The smallest absolute Gasteiger partial charge is 0.161 e. The number of aromatic nitrogens is 2. The van der Waals surface area contributed by atoms with Crippen molar-refractivity contribution in [3.63, 3.8) is 0 Å². The van der Waals surface area contributed by atoms with Crippen LogP contribution in [0.2, 0.25) is 0 Å². The second-order valence-electron chi connectivity index (χ2n) is 12.3. The van der Waals surface area contributed by atoms with Gasteiger partial charge in [0.05, 0.1) is 11.4 Å². The third-order valence-corrected chi connectivity index (χ3v) is 7.49. The van der Waals surface area contributed by atoms with Gasteiger partial charge < -0.3 is 10.4 Å². The maximum atomic E-state index is 13.5. The van der Waals surface area contributed by atoms with Crippen LogP contribution in [0.25, 0.3) is 5.69 Å². The van der Waals surface area contributed by atoms with Crippen LogP contribution in [0, 0.1) is 6.92 Å². The Hall–Kier alpha value is -3.34. The lowest BCUT2D eigenvalue weighted by molar-refractivity contribution is -0.116. The first-order valence-electron chi connectivity index (χ1n) is 12.9. The Kier molecular flexibility index (Phi) is 5.66. The average molecular weight is 484 g/mol. The van der Waals surface area contributed by atoms with Gasteiger partial charge in [-0.2, -0.15) is 5.10 Å². The standard InChI is InChI=1S/C31H37N3O2/c1-18-25-26(19-16-21(30(2,3)4)28(36)22(17-19)31(5,6)7)27-23(14-11-15-24(27)35)32-29(25)34(33-18)20-12-9-8-10-13-20/h8-10,12-13,16-17,26,32,36H,11,14-15H2,1-7H3/t26-/m0/s1. The fourth-order valence-electron chi connectivity index (χ4n) is 5.68. The van der Waals surface area contributed by atoms with E-state index in [9.17, 15) is 9.90 Å². The molecule has 1 aliphatic heterocycles. The monoisotopic (exact) mass is 483 g/mol. The lowest BCUT2D eigenvalue weighted by atomic mass is 9.72. The number of hydrogen-bond donors (Lipinski definition) is 2. The van der Waals surface area contributed by atoms with Gasteiger partial charge in [-0.15, -0.1) is 0 Å². The number of aromatic hydroxyl groups is 1. The zero-order valence-electron chi connectivity index (χ0n) is 22.5. The van der Waals surface area contributed by atoms with Crippen LogP contribution in [0.3, 0.4) is 0 Å². The molecule has 1 aromatic heterocycles. The Bertz CT molecular complexity index is 1350. The lowest BCUT2D eigenvalue weighted by Crippen LogP contribution is -2.28. The Morgan fingerprint density at radius 2 is 1.58 bits per heavy atom. The van der Waals surface area contributed by atoms with E-state index in [0.717, 1.165) is 63.6 Å². The number of carbonyl (C=O) groups excluding carboxylic acids is 1. The normalized spacial score (nSPS) is 18.1. The molecule has 3 aromatic rings. The summed E-state index contributed by atoms with van der Waals surface area (Å²) in [5, 5.41) is 19.9. The van der Waals surface area contributed by atoms with E-state index in [4.69, 9.17) is 5.10 Å². The molecule has 0 spiro atoms. The van der Waals surface area contributed by atoms with Crippen molar-refractivity contribution in [3.8, 4) is 11.4 Å². The predicted octanol–water partition coefficient (Wildman–Crippen LogP) is 7.05. The second-order valence-corrected chi connectivity index (χ2v) is 12.3. The van der Waals surface area contributed by atoms with Crippen molar-refractivity contribution in [1.82, 2.24) is 9.78 Å². The van der Waals surface area contributed by atoms with Gasteiger partial charge in [0.1, 0.15) is 11.6 Å². The molecule has 0 unspecified atom stereocenters. The molecule has 0 saturated heterocycles. The van der Waals surface area contributed by atoms with Gasteiger partial charge in [-0.3, -0.25) is 4.79 Å². The molecule has 188 valence electrons. The number of phenolic OH excluding ortho intramolecular Hbond substituents is 1. The summed E-state index contributed by atoms with van der Waals surface area (Å²) in [6, 6.07) is 14.4. The molecule has 1 aliphatic carbocycles. The Labute approximate surface area is 214 Å². The van der Waals surface area contributed by atoms with Crippen molar-refractivity contribution in [1.29, 1.82) is 0 Å². The number of para-hydroxylation sites is 1. The Morgan fingerprint density at radius 1 is 0.972 bits per heavy atom. The van der Waals surface area contributed by atoms with Gasteiger partial charge >= 0.3 is 0 Å². The fourth-order valence-corrected chi connectivity index (χ4v) is 5.68. The maximum Gasteiger partial charge on any atom is 0.161 e. The van der Waals surface area contributed by atoms with Crippen LogP contribution >= 0.6 is 0 Å². The summed E-state index contributed by atoms with van der Waals surface area (Å²) in [5.41, 5.74) is 7.13. The summed E-state index contributed by atoms with van der Waals surface area (Å²) in [7, 11) is 0. The summed E-state index contributed by atoms with van der Waals surface area (Å²) in [4.78, 5) is 13.5. The number of phenols is 1. The summed E-state index contributed by atoms with van der Waals surface area (Å²) >= 11 is 0. The third kappa shape index (κ3) is 3.95. The van der Waals surface area contributed by atoms with Crippen LogP contribution in [0.4, 0.5) is 5.82 Å². The number of allylic oxidation sites excluding steroid dienone is 2. The lowest BCUT2D eigenvalue weighted by Gasteiger charge is -2.35. The first-order chi connectivity index (χ1) is 16.9. The molecule has 2 aromatic carbocycles. The van der Waals surface area contributed by atoms with Crippen LogP contribution in [-0.2, 0) is 15.6 Å². The van der Waals surface area contributed by atoms with Gasteiger partial charge in [0, 0.05) is 29.2 Å². The van der Waals surface area contributed by atoms with Crippen molar-refractivity contribution in [3.05, 3.63) is 81.7 Å². The largest absolute Gasteiger partial charge is 0.507 e. The molecule has 0 fully saturated rings. The highest BCUT2D eigenvalue weighted by Gasteiger charge is 2.40. The van der Waals surface area contributed by atoms with Gasteiger partial charge in [0.25, 0.3) is 0 Å². The minimum Gasteiger partial charge on any atom is -0.507 e. The molecule has 2 heterocycles. The summed E-state index contributed by atoms with van der Waals surface area (Å²) in [6.07, 6.45) is 2.25. The molecule has 5 rings (SSSR count). The highest BCUT2D eigenvalue weighted by molar-refractivity contribution is 6.01. The van der Waals surface area contributed by atoms with Crippen LogP contribution < -0.4 is 5.32 Å². The first-order valence-corrected chi connectivity index (χ1v) is 12.9. The van der Waals surface area contributed by atoms with E-state index in [-0.39, 0.29) is 22.5 Å². The summed E-state index contributed by atoms with van der Waals surface area (Å²) in [5.74, 6) is 1.26. The van der Waals surface area contributed by atoms with Crippen molar-refractivity contribution in [2.24, 2.45) is 0 Å². The van der Waals surface area contributed by atoms with Crippen LogP contribution in [0.5, 0.6) is 5.75 Å². The SMILES string of the molecule is Cc1nn(-c2ccccc2)c2c1[C@H](c1cc(C(C)(C)C)c(O)c(C(C)(C)C)c1)C1=C(CCCC1=O)N2. The number of nitrogens with one attached hydrogen (secondary N) is 1. The molecule has 5 heteroatoms. The van der Waals surface area contributed by atoms with Crippen molar-refractivity contribution in [2.75, 3.05) is 5.32 Å². The Balaban J connectivity index is 1.83. The average Bonchev–Trinajstić information content (AvgIpc) is 3.13. The van der Waals surface area contributed by atoms with Crippen LogP contribution in [-0.4, -0.2) is 20.7 Å². The minimum atomic E-state index is -0.257. The van der Waals surface area contributed by atoms with Gasteiger partial charge in [0.2, 0.25) is 0 Å². The van der Waals surface area contributed by atoms with Crippen molar-refractivity contribution in [2.45, 2.75) is 84.5 Å². The van der Waals surface area contributed by atoms with Gasteiger partial charge in [-0.1, -0.05) is 71.9 Å². The fraction of sp³-hybridized carbons (Fsp3) is 0.419. The number of ketones is 1. The Morgan fingerprint density at radius 3 is 2.17 bits per heavy atom. The zero-order chi connectivity index (χ0) is 26.0. The van der Waals surface area contributed by atoms with Gasteiger partial charge in [0.15, 0.2) is 5.78 Å². The first kappa shape index (κ1) is 24.4. The second kappa shape index (κ2) is 8.36. The van der Waals surface area contributed by atoms with Crippen LogP contribution in [0.1, 0.15) is 94.7 Å². The van der Waals surface area contributed by atoms with E-state index in [0.29, 0.717) is 12.2 Å². The molecule has 5 nitrogen and oxygen atoms in total. The molecule has 0 bridgehead atoms. The van der Waals surface area contributed by atoms with Crippen LogP contribution in [0.15, 0.2) is 53.7 Å². The van der Waals surface area contributed by atoms with E-state index < -0.39 is 0 Å². The van der Waals surface area contributed by atoms with Crippen molar-refractivity contribution >= 4 is 11.6 Å².